The quantitative estimate of drug-likeness (QED) is 0.161. The second-order valence-corrected chi connectivity index (χ2v) is 12.1. The van der Waals surface area contributed by atoms with Gasteiger partial charge in [0.05, 0.1) is 7.11 Å². The van der Waals surface area contributed by atoms with Gasteiger partial charge in [-0.3, -0.25) is 0 Å². The minimum atomic E-state index is -2.54. The smallest absolute Gasteiger partial charge is 0.466 e. The Bertz CT molecular complexity index is 929. The number of carbonyl (C=O) groups excluding carboxylic acids is 1. The summed E-state index contributed by atoms with van der Waals surface area (Å²) in [7, 11) is -1.16. The second kappa shape index (κ2) is 14.5. The molecule has 1 aliphatic rings. The van der Waals surface area contributed by atoms with Crippen LogP contribution in [0.25, 0.3) is 17.2 Å². The summed E-state index contributed by atoms with van der Waals surface area (Å²) >= 11 is 0. The molecule has 3 rings (SSSR count). The van der Waals surface area contributed by atoms with Crippen LogP contribution in [0.4, 0.5) is 0 Å². The highest BCUT2D eigenvalue weighted by Crippen LogP contribution is 2.39. The van der Waals surface area contributed by atoms with Crippen molar-refractivity contribution >= 4 is 20.8 Å². The molecule has 2 aromatic carbocycles. The third-order valence-corrected chi connectivity index (χ3v) is 10.1. The third kappa shape index (κ3) is 8.13. The summed E-state index contributed by atoms with van der Waals surface area (Å²) in [4.78, 5) is 11.3. The normalized spacial score (nSPS) is 18.4. The van der Waals surface area contributed by atoms with Crippen molar-refractivity contribution in [1.82, 2.24) is 0 Å². The average Bonchev–Trinajstić information content (AvgIpc) is 2.92. The molecule has 0 aliphatic heterocycles. The van der Waals surface area contributed by atoms with Gasteiger partial charge < -0.3 is 18.0 Å². The number of methoxy groups -OCH3 is 1. The van der Waals surface area contributed by atoms with Crippen LogP contribution in [-0.2, 0) is 22.8 Å². The number of carbonyl (C=O) groups is 1. The Morgan fingerprint density at radius 2 is 1.36 bits per heavy atom. The molecule has 0 N–H and O–H groups in total. The average molecular weight is 511 g/mol. The number of ether oxygens (including phenoxy) is 1. The molecule has 0 atom stereocenters. The van der Waals surface area contributed by atoms with Crippen molar-refractivity contribution in [3.05, 3.63) is 65.7 Å². The maximum atomic E-state index is 11.3. The van der Waals surface area contributed by atoms with E-state index in [4.69, 9.17) is 13.3 Å². The fraction of sp³-hybridized carbons (Fsp3) is 0.500. The Hall–Kier alpha value is -2.25. The maximum absolute atomic E-state index is 11.3. The van der Waals surface area contributed by atoms with Gasteiger partial charge in [-0.2, -0.15) is 0 Å². The van der Waals surface area contributed by atoms with Gasteiger partial charge in [-0.25, -0.2) is 4.79 Å². The topological polar surface area (TPSA) is 54.0 Å². The van der Waals surface area contributed by atoms with Gasteiger partial charge >= 0.3 is 14.8 Å². The van der Waals surface area contributed by atoms with Crippen LogP contribution >= 0.6 is 0 Å². The van der Waals surface area contributed by atoms with Gasteiger partial charge in [0.1, 0.15) is 0 Å². The van der Waals surface area contributed by atoms with E-state index in [1.54, 1.807) is 6.08 Å². The molecule has 0 unspecified atom stereocenters. The lowest BCUT2D eigenvalue weighted by atomic mass is 9.77. The zero-order valence-electron chi connectivity index (χ0n) is 22.3. The minimum Gasteiger partial charge on any atom is -0.466 e. The molecule has 0 amide bonds. The van der Waals surface area contributed by atoms with Crippen LogP contribution in [0.3, 0.4) is 0 Å². The molecule has 36 heavy (non-hydrogen) atoms. The Balaban J connectivity index is 1.52. The number of esters is 1. The summed E-state index contributed by atoms with van der Waals surface area (Å²) < 4.78 is 22.8. The van der Waals surface area contributed by atoms with Crippen molar-refractivity contribution in [2.24, 2.45) is 5.92 Å². The summed E-state index contributed by atoms with van der Waals surface area (Å²) in [5.74, 6) is 1.01. The molecule has 196 valence electrons. The highest BCUT2D eigenvalue weighted by Gasteiger charge is 2.40. The molecule has 0 bridgehead atoms. The molecule has 1 saturated carbocycles. The van der Waals surface area contributed by atoms with E-state index < -0.39 is 8.80 Å². The van der Waals surface area contributed by atoms with Gasteiger partial charge in [0, 0.05) is 31.9 Å². The van der Waals surface area contributed by atoms with Crippen molar-refractivity contribution in [3.63, 3.8) is 0 Å². The van der Waals surface area contributed by atoms with Crippen LogP contribution in [0.1, 0.15) is 69.9 Å². The number of benzene rings is 2. The highest BCUT2D eigenvalue weighted by molar-refractivity contribution is 6.60. The second-order valence-electron chi connectivity index (χ2n) is 9.34. The van der Waals surface area contributed by atoms with Crippen molar-refractivity contribution < 1.29 is 22.8 Å². The molecule has 0 heterocycles. The van der Waals surface area contributed by atoms with Gasteiger partial charge in [0.25, 0.3) is 0 Å². The summed E-state index contributed by atoms with van der Waals surface area (Å²) in [6.45, 7) is 8.01. The molecular weight excluding hydrogens is 468 g/mol. The van der Waals surface area contributed by atoms with Crippen molar-refractivity contribution in [2.75, 3.05) is 26.9 Å². The number of rotatable bonds is 13. The summed E-state index contributed by atoms with van der Waals surface area (Å²) in [5, 5.41) is 0. The summed E-state index contributed by atoms with van der Waals surface area (Å²) in [5.41, 5.74) is 4.80. The predicted molar refractivity (Wildman–Crippen MR) is 148 cm³/mol. The molecular formula is C30H42O5Si. The highest BCUT2D eigenvalue weighted by atomic mass is 28.4. The van der Waals surface area contributed by atoms with Crippen molar-refractivity contribution in [1.29, 1.82) is 0 Å². The largest absolute Gasteiger partial charge is 0.500 e. The molecule has 1 fully saturated rings. The van der Waals surface area contributed by atoms with Crippen molar-refractivity contribution in [3.8, 4) is 11.1 Å². The zero-order valence-corrected chi connectivity index (χ0v) is 23.3. The van der Waals surface area contributed by atoms with Gasteiger partial charge in [-0.1, -0.05) is 48.5 Å². The summed E-state index contributed by atoms with van der Waals surface area (Å²) in [6, 6.07) is 18.2. The Labute approximate surface area is 218 Å². The first kappa shape index (κ1) is 28.3. The van der Waals surface area contributed by atoms with Crippen LogP contribution in [-0.4, -0.2) is 41.7 Å². The van der Waals surface area contributed by atoms with Gasteiger partial charge in [-0.15, -0.1) is 0 Å². The number of hydrogen-bond donors (Lipinski definition) is 0. The van der Waals surface area contributed by atoms with Crippen molar-refractivity contribution in [2.45, 2.75) is 64.8 Å². The predicted octanol–water partition coefficient (Wildman–Crippen LogP) is 7.25. The van der Waals surface area contributed by atoms with Crippen LogP contribution < -0.4 is 0 Å². The van der Waals surface area contributed by atoms with Crippen LogP contribution in [0.15, 0.2) is 54.6 Å². The Morgan fingerprint density at radius 1 is 0.833 bits per heavy atom. The number of hydrogen-bond acceptors (Lipinski definition) is 5. The van der Waals surface area contributed by atoms with E-state index in [0.29, 0.717) is 25.7 Å². The Morgan fingerprint density at radius 3 is 1.86 bits per heavy atom. The van der Waals surface area contributed by atoms with Gasteiger partial charge in [-0.05, 0) is 93.0 Å². The van der Waals surface area contributed by atoms with E-state index in [2.05, 4.69) is 41.1 Å². The standard InChI is InChI=1S/C30H42O5Si/c1-5-33-36(34-6-2,35-7-3)23-22-25-10-15-27(16-11-25)29-19-17-28(18-20-29)26-13-8-24(9-14-26)12-21-30(31)32-4/h8-9,12-14,17-21,25,27H,5-7,10-11,15-16,22-23H2,1-4H3/b21-12+/t25-,27-. The molecule has 6 heteroatoms. The molecule has 1 aliphatic carbocycles. The van der Waals surface area contributed by atoms with E-state index in [9.17, 15) is 4.79 Å². The summed E-state index contributed by atoms with van der Waals surface area (Å²) in [6.07, 6.45) is 9.30. The Kier molecular flexibility index (Phi) is 11.4. The lowest BCUT2D eigenvalue weighted by Gasteiger charge is -2.32. The SMILES string of the molecule is CCO[Si](CC[C@H]1CC[C@H](c2ccc(-c3ccc(/C=C/C(=O)OC)cc3)cc2)CC1)(OCC)OCC. The first-order valence-electron chi connectivity index (χ1n) is 13.4. The van der Waals surface area contributed by atoms with E-state index in [1.807, 2.05) is 32.9 Å². The van der Waals surface area contributed by atoms with E-state index in [-0.39, 0.29) is 5.97 Å². The fourth-order valence-electron chi connectivity index (χ4n) is 5.13. The molecule has 2 aromatic rings. The fourth-order valence-corrected chi connectivity index (χ4v) is 7.90. The molecule has 0 aromatic heterocycles. The molecule has 0 spiro atoms. The van der Waals surface area contributed by atoms with E-state index >= 15 is 0 Å². The minimum absolute atomic E-state index is 0.347. The first-order chi connectivity index (χ1) is 17.5. The first-order valence-corrected chi connectivity index (χ1v) is 15.3. The monoisotopic (exact) mass is 510 g/mol. The van der Waals surface area contributed by atoms with Crippen LogP contribution in [0.5, 0.6) is 0 Å². The third-order valence-electron chi connectivity index (χ3n) is 7.04. The lowest BCUT2D eigenvalue weighted by molar-refractivity contribution is -0.134. The zero-order chi connectivity index (χ0) is 25.8. The van der Waals surface area contributed by atoms with Gasteiger partial charge in [0.2, 0.25) is 0 Å². The molecule has 5 nitrogen and oxygen atoms in total. The van der Waals surface area contributed by atoms with Crippen LogP contribution in [0, 0.1) is 5.92 Å². The van der Waals surface area contributed by atoms with E-state index in [1.165, 1.54) is 55.6 Å². The maximum Gasteiger partial charge on any atom is 0.500 e. The molecule has 0 radical (unpaired) electrons. The van der Waals surface area contributed by atoms with Crippen LogP contribution in [0.2, 0.25) is 6.04 Å². The van der Waals surface area contributed by atoms with E-state index in [0.717, 1.165) is 23.9 Å². The molecule has 0 saturated heterocycles. The lowest BCUT2D eigenvalue weighted by Crippen LogP contribution is -2.46. The van der Waals surface area contributed by atoms with Gasteiger partial charge in [0.15, 0.2) is 0 Å².